The largest absolute Gasteiger partial charge is 0.493 e. The van der Waals surface area contributed by atoms with Gasteiger partial charge in [-0.3, -0.25) is 0 Å². The van der Waals surface area contributed by atoms with Crippen molar-refractivity contribution >= 4 is 15.8 Å². The molecule has 28 heavy (non-hydrogen) atoms. The first-order chi connectivity index (χ1) is 13.3. The van der Waals surface area contributed by atoms with Crippen LogP contribution >= 0.6 is 0 Å². The molecule has 8 heteroatoms. The van der Waals surface area contributed by atoms with E-state index < -0.39 is 14.6 Å². The van der Waals surface area contributed by atoms with Crippen molar-refractivity contribution in [1.82, 2.24) is 10.2 Å². The zero-order valence-corrected chi connectivity index (χ0v) is 18.2. The van der Waals surface area contributed by atoms with Crippen molar-refractivity contribution in [3.63, 3.8) is 0 Å². The van der Waals surface area contributed by atoms with E-state index in [4.69, 9.17) is 14.5 Å². The predicted molar refractivity (Wildman–Crippen MR) is 113 cm³/mol. The zero-order valence-electron chi connectivity index (χ0n) is 17.4. The highest BCUT2D eigenvalue weighted by Gasteiger charge is 2.40. The van der Waals surface area contributed by atoms with Crippen LogP contribution in [0, 0.1) is 0 Å². The molecular formula is C20H33N3O4S. The van der Waals surface area contributed by atoms with Crippen molar-refractivity contribution < 1.29 is 17.9 Å². The van der Waals surface area contributed by atoms with Crippen LogP contribution in [0.1, 0.15) is 32.8 Å². The molecule has 0 aliphatic carbocycles. The molecule has 1 aromatic carbocycles. The number of nitrogens with zero attached hydrogens (tertiary/aromatic N) is 2. The Morgan fingerprint density at radius 1 is 1.32 bits per heavy atom. The Morgan fingerprint density at radius 2 is 2.11 bits per heavy atom. The molecule has 2 rings (SSSR count). The molecule has 0 bridgehead atoms. The number of methoxy groups -OCH3 is 1. The molecule has 1 aliphatic heterocycles. The zero-order chi connectivity index (χ0) is 20.6. The molecule has 1 aliphatic rings. The van der Waals surface area contributed by atoms with E-state index >= 15 is 0 Å². The molecule has 0 unspecified atom stereocenters. The first-order valence-corrected chi connectivity index (χ1v) is 11.4. The average molecular weight is 412 g/mol. The van der Waals surface area contributed by atoms with Gasteiger partial charge in [-0.25, -0.2) is 13.4 Å². The summed E-state index contributed by atoms with van der Waals surface area (Å²) in [6.45, 7) is 8.98. The molecule has 7 nitrogen and oxygen atoms in total. The molecule has 0 spiro atoms. The van der Waals surface area contributed by atoms with Crippen LogP contribution in [0.2, 0.25) is 0 Å². The Balaban J connectivity index is 2.05. The van der Waals surface area contributed by atoms with Crippen molar-refractivity contribution in [1.29, 1.82) is 0 Å². The maximum Gasteiger partial charge on any atom is 0.194 e. The third kappa shape index (κ3) is 6.10. The lowest BCUT2D eigenvalue weighted by atomic mass is 10.2. The van der Waals surface area contributed by atoms with Gasteiger partial charge in [0.05, 0.1) is 23.7 Å². The molecule has 158 valence electrons. The Kier molecular flexibility index (Phi) is 8.12. The lowest BCUT2D eigenvalue weighted by Crippen LogP contribution is -2.57. The van der Waals surface area contributed by atoms with Crippen molar-refractivity contribution in [3.8, 4) is 5.75 Å². The molecule has 0 aromatic heterocycles. The molecule has 1 N–H and O–H groups in total. The number of guanidine groups is 1. The van der Waals surface area contributed by atoms with E-state index in [9.17, 15) is 8.42 Å². The SMILES string of the molecule is CCNC(=NCc1cccc(OCCCOC)c1)N1CCS(=O)(=O)C(C)(C)C1. The summed E-state index contributed by atoms with van der Waals surface area (Å²) < 4.78 is 34.5. The smallest absolute Gasteiger partial charge is 0.194 e. The first kappa shape index (κ1) is 22.5. The number of hydrogen-bond donors (Lipinski definition) is 1. The topological polar surface area (TPSA) is 80.2 Å². The van der Waals surface area contributed by atoms with Gasteiger partial charge in [0.1, 0.15) is 5.75 Å². The third-order valence-electron chi connectivity index (χ3n) is 4.75. The van der Waals surface area contributed by atoms with E-state index in [-0.39, 0.29) is 5.75 Å². The summed E-state index contributed by atoms with van der Waals surface area (Å²) in [5, 5.41) is 3.29. The van der Waals surface area contributed by atoms with Crippen LogP contribution in [0.15, 0.2) is 29.3 Å². The number of hydrogen-bond acceptors (Lipinski definition) is 5. The van der Waals surface area contributed by atoms with Gasteiger partial charge in [-0.2, -0.15) is 0 Å². The van der Waals surface area contributed by atoms with Crippen molar-refractivity contribution in [2.75, 3.05) is 45.7 Å². The maximum atomic E-state index is 12.3. The van der Waals surface area contributed by atoms with Crippen molar-refractivity contribution in [3.05, 3.63) is 29.8 Å². The highest BCUT2D eigenvalue weighted by atomic mass is 32.2. The van der Waals surface area contributed by atoms with Crippen LogP contribution in [-0.2, 0) is 21.1 Å². The molecule has 0 atom stereocenters. The van der Waals surface area contributed by atoms with Gasteiger partial charge in [0.25, 0.3) is 0 Å². The molecule has 0 saturated carbocycles. The van der Waals surface area contributed by atoms with Crippen LogP contribution in [0.5, 0.6) is 5.75 Å². The van der Waals surface area contributed by atoms with Gasteiger partial charge < -0.3 is 19.7 Å². The van der Waals surface area contributed by atoms with Gasteiger partial charge in [-0.15, -0.1) is 0 Å². The molecule has 1 aromatic rings. The van der Waals surface area contributed by atoms with Crippen molar-refractivity contribution in [2.24, 2.45) is 4.99 Å². The van der Waals surface area contributed by atoms with Crippen LogP contribution in [0.4, 0.5) is 0 Å². The van der Waals surface area contributed by atoms with E-state index in [1.54, 1.807) is 21.0 Å². The Labute approximate surface area is 169 Å². The minimum Gasteiger partial charge on any atom is -0.493 e. The standard InChI is InChI=1S/C20H33N3O4S/c1-5-21-19(23-10-13-28(24,25)20(2,3)16-23)22-15-17-8-6-9-18(14-17)27-12-7-11-26-4/h6,8-9,14H,5,7,10-13,15-16H2,1-4H3,(H,21,22). The number of ether oxygens (including phenoxy) is 2. The Morgan fingerprint density at radius 3 is 2.79 bits per heavy atom. The number of nitrogens with one attached hydrogen (secondary N) is 1. The summed E-state index contributed by atoms with van der Waals surface area (Å²) in [4.78, 5) is 6.77. The van der Waals surface area contributed by atoms with Gasteiger partial charge in [-0.05, 0) is 38.5 Å². The second-order valence-corrected chi connectivity index (χ2v) is 10.3. The monoisotopic (exact) mass is 411 g/mol. The number of rotatable bonds is 8. The summed E-state index contributed by atoms with van der Waals surface area (Å²) in [5.41, 5.74) is 1.04. The molecular weight excluding hydrogens is 378 g/mol. The predicted octanol–water partition coefficient (Wildman–Crippen LogP) is 2.08. The molecule has 0 amide bonds. The highest BCUT2D eigenvalue weighted by Crippen LogP contribution is 2.24. The summed E-state index contributed by atoms with van der Waals surface area (Å²) in [5.74, 6) is 1.71. The van der Waals surface area contributed by atoms with Gasteiger partial charge in [-0.1, -0.05) is 12.1 Å². The fourth-order valence-corrected chi connectivity index (χ4v) is 4.41. The number of sulfone groups is 1. The van der Waals surface area contributed by atoms with Gasteiger partial charge in [0.15, 0.2) is 15.8 Å². The summed E-state index contributed by atoms with van der Waals surface area (Å²) in [6, 6.07) is 7.90. The van der Waals surface area contributed by atoms with E-state index in [0.29, 0.717) is 32.8 Å². The fraction of sp³-hybridized carbons (Fsp3) is 0.650. The van der Waals surface area contributed by atoms with Crippen LogP contribution < -0.4 is 10.1 Å². The van der Waals surface area contributed by atoms with Gasteiger partial charge in [0.2, 0.25) is 0 Å². The van der Waals surface area contributed by atoms with Gasteiger partial charge in [0, 0.05) is 39.8 Å². The average Bonchev–Trinajstić information content (AvgIpc) is 2.65. The lowest BCUT2D eigenvalue weighted by Gasteiger charge is -2.39. The summed E-state index contributed by atoms with van der Waals surface area (Å²) in [7, 11) is -1.40. The minimum absolute atomic E-state index is 0.148. The fourth-order valence-electron chi connectivity index (χ4n) is 3.04. The highest BCUT2D eigenvalue weighted by molar-refractivity contribution is 7.92. The first-order valence-electron chi connectivity index (χ1n) is 9.75. The second kappa shape index (κ2) is 10.1. The Bertz CT molecular complexity index is 762. The van der Waals surface area contributed by atoms with Crippen LogP contribution in [-0.4, -0.2) is 69.7 Å². The van der Waals surface area contributed by atoms with E-state index in [1.807, 2.05) is 36.1 Å². The van der Waals surface area contributed by atoms with Crippen LogP contribution in [0.3, 0.4) is 0 Å². The molecule has 0 radical (unpaired) electrons. The summed E-state index contributed by atoms with van der Waals surface area (Å²) in [6.07, 6.45) is 0.844. The number of benzene rings is 1. The van der Waals surface area contributed by atoms with E-state index in [1.165, 1.54) is 0 Å². The molecule has 1 saturated heterocycles. The Hall–Kier alpha value is -1.80. The van der Waals surface area contributed by atoms with E-state index in [0.717, 1.165) is 30.2 Å². The maximum absolute atomic E-state index is 12.3. The van der Waals surface area contributed by atoms with Crippen molar-refractivity contribution in [2.45, 2.75) is 38.5 Å². The molecule has 1 fully saturated rings. The lowest BCUT2D eigenvalue weighted by molar-refractivity contribution is 0.172. The molecule has 1 heterocycles. The minimum atomic E-state index is -3.08. The van der Waals surface area contributed by atoms with Gasteiger partial charge >= 0.3 is 0 Å². The second-order valence-electron chi connectivity index (χ2n) is 7.51. The normalized spacial score (nSPS) is 18.7. The van der Waals surface area contributed by atoms with Crippen LogP contribution in [0.25, 0.3) is 0 Å². The third-order valence-corrected chi connectivity index (χ3v) is 7.28. The van der Waals surface area contributed by atoms with E-state index in [2.05, 4.69) is 5.32 Å². The quantitative estimate of drug-likeness (QED) is 0.401. The summed E-state index contributed by atoms with van der Waals surface area (Å²) >= 11 is 0. The number of aliphatic imine (C=N–C) groups is 1.